The van der Waals surface area contributed by atoms with Crippen LogP contribution >= 0.6 is 0 Å². The molecule has 0 fully saturated rings. The summed E-state index contributed by atoms with van der Waals surface area (Å²) in [5.74, 6) is -2.15. The first-order chi connectivity index (χ1) is 12.7. The van der Waals surface area contributed by atoms with Gasteiger partial charge in [-0.15, -0.1) is 0 Å². The van der Waals surface area contributed by atoms with Crippen LogP contribution in [0.15, 0.2) is 12.5 Å². The fourth-order valence-electron chi connectivity index (χ4n) is 2.31. The Morgan fingerprint density at radius 2 is 1.85 bits per heavy atom. The van der Waals surface area contributed by atoms with Gasteiger partial charge in [0.1, 0.15) is 12.1 Å². The predicted octanol–water partition coefficient (Wildman–Crippen LogP) is -2.47. The van der Waals surface area contributed by atoms with Crippen LogP contribution in [0.25, 0.3) is 0 Å². The fraction of sp³-hybridized carbons (Fsp3) is 0.562. The highest BCUT2D eigenvalue weighted by Crippen LogP contribution is 2.06. The third-order valence-electron chi connectivity index (χ3n) is 3.63. The molecule has 0 bridgehead atoms. The molecule has 2 atom stereocenters. The van der Waals surface area contributed by atoms with E-state index in [1.165, 1.54) is 12.5 Å². The highest BCUT2D eigenvalue weighted by molar-refractivity contribution is 5.93. The van der Waals surface area contributed by atoms with Gasteiger partial charge in [0.2, 0.25) is 23.6 Å². The van der Waals surface area contributed by atoms with Crippen LogP contribution in [-0.2, 0) is 25.6 Å². The second-order valence-corrected chi connectivity index (χ2v) is 6.48. The summed E-state index contributed by atoms with van der Waals surface area (Å²) in [5.41, 5.74) is 11.1. The van der Waals surface area contributed by atoms with Gasteiger partial charge in [-0.05, 0) is 12.3 Å². The number of aromatic nitrogens is 2. The van der Waals surface area contributed by atoms with E-state index < -0.39 is 35.7 Å². The van der Waals surface area contributed by atoms with E-state index in [4.69, 9.17) is 11.5 Å². The highest BCUT2D eigenvalue weighted by Gasteiger charge is 2.26. The Morgan fingerprint density at radius 3 is 2.37 bits per heavy atom. The molecule has 27 heavy (non-hydrogen) atoms. The number of nitrogens with one attached hydrogen (secondary N) is 4. The first-order valence-corrected chi connectivity index (χ1v) is 8.56. The van der Waals surface area contributed by atoms with Crippen LogP contribution in [0.1, 0.15) is 26.0 Å². The average molecular weight is 381 g/mol. The van der Waals surface area contributed by atoms with Crippen molar-refractivity contribution in [2.75, 3.05) is 13.1 Å². The molecule has 0 saturated carbocycles. The third kappa shape index (κ3) is 8.31. The van der Waals surface area contributed by atoms with Crippen LogP contribution in [0.5, 0.6) is 0 Å². The molecule has 8 N–H and O–H groups in total. The molecule has 0 aromatic carbocycles. The van der Waals surface area contributed by atoms with E-state index in [1.54, 1.807) is 0 Å². The van der Waals surface area contributed by atoms with Gasteiger partial charge in [0, 0.05) is 18.3 Å². The van der Waals surface area contributed by atoms with E-state index >= 15 is 0 Å². The van der Waals surface area contributed by atoms with Crippen molar-refractivity contribution in [2.24, 2.45) is 17.4 Å². The number of aromatic amines is 1. The molecule has 1 rings (SSSR count). The van der Waals surface area contributed by atoms with E-state index in [-0.39, 0.29) is 25.4 Å². The normalized spacial score (nSPS) is 12.9. The first-order valence-electron chi connectivity index (χ1n) is 8.56. The zero-order chi connectivity index (χ0) is 20.4. The molecule has 1 aromatic rings. The van der Waals surface area contributed by atoms with E-state index in [1.807, 2.05) is 13.8 Å². The number of nitrogens with zero attached hydrogens (tertiary/aromatic N) is 1. The van der Waals surface area contributed by atoms with E-state index in [0.717, 1.165) is 0 Å². The minimum absolute atomic E-state index is 0.121. The van der Waals surface area contributed by atoms with Crippen molar-refractivity contribution in [2.45, 2.75) is 38.8 Å². The van der Waals surface area contributed by atoms with Crippen molar-refractivity contribution in [1.29, 1.82) is 0 Å². The molecular formula is C16H27N7O4. The second kappa shape index (κ2) is 10.9. The van der Waals surface area contributed by atoms with Crippen LogP contribution in [0, 0.1) is 5.92 Å². The maximum Gasteiger partial charge on any atom is 0.243 e. The smallest absolute Gasteiger partial charge is 0.243 e. The molecule has 11 heteroatoms. The summed E-state index contributed by atoms with van der Waals surface area (Å²) in [6.07, 6.45) is 3.45. The summed E-state index contributed by atoms with van der Waals surface area (Å²) in [6.45, 7) is 3.22. The van der Waals surface area contributed by atoms with Crippen LogP contribution < -0.4 is 27.4 Å². The molecule has 4 amide bonds. The van der Waals surface area contributed by atoms with Crippen molar-refractivity contribution in [1.82, 2.24) is 25.9 Å². The Balaban J connectivity index is 2.80. The van der Waals surface area contributed by atoms with Crippen molar-refractivity contribution >= 4 is 23.6 Å². The maximum atomic E-state index is 12.6. The van der Waals surface area contributed by atoms with E-state index in [2.05, 4.69) is 25.9 Å². The number of imidazole rings is 1. The van der Waals surface area contributed by atoms with Crippen molar-refractivity contribution in [3.8, 4) is 0 Å². The lowest BCUT2D eigenvalue weighted by Crippen LogP contribution is -2.55. The Bertz CT molecular complexity index is 645. The minimum atomic E-state index is -0.984. The van der Waals surface area contributed by atoms with Gasteiger partial charge in [-0.25, -0.2) is 4.98 Å². The Kier molecular flexibility index (Phi) is 8.93. The van der Waals surface area contributed by atoms with Crippen molar-refractivity contribution in [3.63, 3.8) is 0 Å². The molecule has 11 nitrogen and oxygen atoms in total. The van der Waals surface area contributed by atoms with Gasteiger partial charge in [0.25, 0.3) is 0 Å². The Hall–Kier alpha value is -2.95. The SMILES string of the molecule is CC(C)C[C@H](NC(=O)[C@@H](Cc1cnc[nH]1)NC(=O)CNC(=O)CN)C(N)=O. The van der Waals surface area contributed by atoms with Crippen LogP contribution in [-0.4, -0.2) is 58.8 Å². The zero-order valence-corrected chi connectivity index (χ0v) is 15.5. The van der Waals surface area contributed by atoms with Gasteiger partial charge >= 0.3 is 0 Å². The maximum absolute atomic E-state index is 12.6. The van der Waals surface area contributed by atoms with E-state index in [0.29, 0.717) is 12.1 Å². The molecule has 0 unspecified atom stereocenters. The lowest BCUT2D eigenvalue weighted by atomic mass is 10.0. The number of primary amides is 1. The molecule has 0 aliphatic rings. The summed E-state index contributed by atoms with van der Waals surface area (Å²) in [5, 5.41) is 7.42. The second-order valence-electron chi connectivity index (χ2n) is 6.48. The monoisotopic (exact) mass is 381 g/mol. The largest absolute Gasteiger partial charge is 0.368 e. The number of hydrogen-bond donors (Lipinski definition) is 6. The Morgan fingerprint density at radius 1 is 1.15 bits per heavy atom. The number of carbonyl (C=O) groups excluding carboxylic acids is 4. The quantitative estimate of drug-likeness (QED) is 0.246. The molecule has 150 valence electrons. The number of hydrogen-bond acceptors (Lipinski definition) is 6. The molecule has 1 aromatic heterocycles. The summed E-state index contributed by atoms with van der Waals surface area (Å²) in [6, 6.07) is -1.84. The summed E-state index contributed by atoms with van der Waals surface area (Å²) in [4.78, 5) is 54.1. The van der Waals surface area contributed by atoms with Gasteiger partial charge in [0.15, 0.2) is 0 Å². The molecular weight excluding hydrogens is 354 g/mol. The fourth-order valence-corrected chi connectivity index (χ4v) is 2.31. The highest BCUT2D eigenvalue weighted by atomic mass is 16.2. The summed E-state index contributed by atoms with van der Waals surface area (Å²) in [7, 11) is 0. The number of nitrogens with two attached hydrogens (primary N) is 2. The third-order valence-corrected chi connectivity index (χ3v) is 3.63. The number of H-pyrrole nitrogens is 1. The van der Waals surface area contributed by atoms with Crippen molar-refractivity contribution in [3.05, 3.63) is 18.2 Å². The predicted molar refractivity (Wildman–Crippen MR) is 96.9 cm³/mol. The first kappa shape index (κ1) is 22.1. The molecule has 0 saturated heterocycles. The standard InChI is InChI=1S/C16H27N7O4/c1-9(2)3-11(15(18)26)23-16(27)12(4-10-6-19-8-21-10)22-14(25)7-20-13(24)5-17/h6,8-9,11-12H,3-5,7,17H2,1-2H3,(H2,18,26)(H,19,21)(H,20,24)(H,22,25)(H,23,27)/t11-,12+/m0/s1. The Labute approximate surface area is 157 Å². The zero-order valence-electron chi connectivity index (χ0n) is 15.5. The van der Waals surface area contributed by atoms with Gasteiger partial charge < -0.3 is 32.4 Å². The summed E-state index contributed by atoms with van der Waals surface area (Å²) >= 11 is 0. The molecule has 1 heterocycles. The number of rotatable bonds is 11. The topological polar surface area (TPSA) is 185 Å². The average Bonchev–Trinajstić information content (AvgIpc) is 3.10. The van der Waals surface area contributed by atoms with Gasteiger partial charge in [0.05, 0.1) is 19.4 Å². The van der Waals surface area contributed by atoms with Gasteiger partial charge in [-0.1, -0.05) is 13.8 Å². The minimum Gasteiger partial charge on any atom is -0.368 e. The van der Waals surface area contributed by atoms with E-state index in [9.17, 15) is 19.2 Å². The number of amides is 4. The summed E-state index contributed by atoms with van der Waals surface area (Å²) < 4.78 is 0. The van der Waals surface area contributed by atoms with Crippen LogP contribution in [0.2, 0.25) is 0 Å². The van der Waals surface area contributed by atoms with Crippen LogP contribution in [0.3, 0.4) is 0 Å². The molecule has 0 aliphatic heterocycles. The lowest BCUT2D eigenvalue weighted by Gasteiger charge is -2.22. The molecule has 0 aliphatic carbocycles. The van der Waals surface area contributed by atoms with Gasteiger partial charge in [-0.3, -0.25) is 19.2 Å². The molecule has 0 spiro atoms. The lowest BCUT2D eigenvalue weighted by molar-refractivity contribution is -0.131. The van der Waals surface area contributed by atoms with Crippen LogP contribution in [0.4, 0.5) is 0 Å². The molecule has 0 radical (unpaired) electrons. The van der Waals surface area contributed by atoms with Crippen molar-refractivity contribution < 1.29 is 19.2 Å². The number of carbonyl (C=O) groups is 4. The van der Waals surface area contributed by atoms with Gasteiger partial charge in [-0.2, -0.15) is 0 Å².